The van der Waals surface area contributed by atoms with E-state index in [-0.39, 0.29) is 0 Å². The number of quaternary nitrogens is 2. The van der Waals surface area contributed by atoms with Gasteiger partial charge in [-0.15, -0.1) is 0 Å². The van der Waals surface area contributed by atoms with E-state index < -0.39 is 8.25 Å². The molecule has 0 saturated carbocycles. The van der Waals surface area contributed by atoms with Crippen LogP contribution in [-0.2, 0) is 27.8 Å². The van der Waals surface area contributed by atoms with Crippen molar-refractivity contribution in [3.8, 4) is 0 Å². The zero-order valence-corrected chi connectivity index (χ0v) is 20.0. The van der Waals surface area contributed by atoms with Crippen LogP contribution in [0.15, 0.2) is 0 Å². The Bertz CT molecular complexity index is 367. The Morgan fingerprint density at radius 2 is 0.893 bits per heavy atom. The summed E-state index contributed by atoms with van der Waals surface area (Å²) in [5.41, 5.74) is 0. The molecule has 0 aromatic carbocycles. The first-order valence-electron chi connectivity index (χ1n) is 10.4. The number of rotatable bonds is 20. The predicted molar refractivity (Wildman–Crippen MR) is 113 cm³/mol. The molecule has 0 saturated heterocycles. The molecule has 0 aliphatic carbocycles. The van der Waals surface area contributed by atoms with E-state index in [9.17, 15) is 4.57 Å². The fourth-order valence-electron chi connectivity index (χ4n) is 3.36. The maximum atomic E-state index is 12.2. The molecular formula is C19H45N2O6P+2. The highest BCUT2D eigenvalue weighted by Gasteiger charge is 2.27. The van der Waals surface area contributed by atoms with Crippen molar-refractivity contribution in [3.05, 3.63) is 0 Å². The van der Waals surface area contributed by atoms with Crippen LogP contribution < -0.4 is 0 Å². The van der Waals surface area contributed by atoms with Crippen LogP contribution in [0.4, 0.5) is 0 Å². The van der Waals surface area contributed by atoms with Crippen LogP contribution >= 0.6 is 8.25 Å². The molecule has 0 aromatic heterocycles. The Morgan fingerprint density at radius 1 is 0.571 bits per heavy atom. The van der Waals surface area contributed by atoms with Gasteiger partial charge in [-0.2, -0.15) is 0 Å². The second kappa shape index (κ2) is 16.7. The number of hydrogen-bond acceptors (Lipinski definition) is 6. The third-order valence-electron chi connectivity index (χ3n) is 5.89. The SMILES string of the molecule is CC[N+](CC)(CC)CCO[PH](=O)OCC[N+](CCOC)(CCOC)CCOC. The lowest BCUT2D eigenvalue weighted by molar-refractivity contribution is -0.929. The van der Waals surface area contributed by atoms with E-state index >= 15 is 0 Å². The molecule has 8 nitrogen and oxygen atoms in total. The summed E-state index contributed by atoms with van der Waals surface area (Å²) in [6.45, 7) is 16.6. The van der Waals surface area contributed by atoms with E-state index in [4.69, 9.17) is 23.3 Å². The summed E-state index contributed by atoms with van der Waals surface area (Å²) >= 11 is 0. The zero-order chi connectivity index (χ0) is 21.3. The molecule has 0 spiro atoms. The van der Waals surface area contributed by atoms with Crippen molar-refractivity contribution in [2.45, 2.75) is 20.8 Å². The van der Waals surface area contributed by atoms with Crippen molar-refractivity contribution in [2.75, 3.05) is 107 Å². The summed E-state index contributed by atoms with van der Waals surface area (Å²) in [4.78, 5) is 0. The molecule has 0 fully saturated rings. The molecule has 0 aliphatic rings. The van der Waals surface area contributed by atoms with Crippen molar-refractivity contribution in [1.82, 2.24) is 0 Å². The van der Waals surface area contributed by atoms with E-state index in [1.54, 1.807) is 21.3 Å². The molecule has 170 valence electrons. The van der Waals surface area contributed by atoms with Crippen molar-refractivity contribution in [1.29, 1.82) is 0 Å². The van der Waals surface area contributed by atoms with Crippen LogP contribution in [0.3, 0.4) is 0 Å². The molecule has 0 bridgehead atoms. The highest BCUT2D eigenvalue weighted by molar-refractivity contribution is 7.33. The predicted octanol–water partition coefficient (Wildman–Crippen LogP) is 2.04. The van der Waals surface area contributed by atoms with Gasteiger partial charge in [0.2, 0.25) is 0 Å². The summed E-state index contributed by atoms with van der Waals surface area (Å²) in [7, 11) is 2.62. The van der Waals surface area contributed by atoms with Gasteiger partial charge in [-0.1, -0.05) is 0 Å². The maximum Gasteiger partial charge on any atom is 0.319 e. The van der Waals surface area contributed by atoms with Gasteiger partial charge in [0.1, 0.15) is 45.9 Å². The van der Waals surface area contributed by atoms with Gasteiger partial charge >= 0.3 is 8.25 Å². The lowest BCUT2D eigenvalue weighted by Gasteiger charge is -2.38. The Kier molecular flexibility index (Phi) is 16.7. The Morgan fingerprint density at radius 3 is 1.21 bits per heavy atom. The van der Waals surface area contributed by atoms with Crippen molar-refractivity contribution in [2.24, 2.45) is 0 Å². The van der Waals surface area contributed by atoms with Gasteiger partial charge in [0.05, 0.1) is 39.5 Å². The van der Waals surface area contributed by atoms with E-state index in [1.165, 1.54) is 0 Å². The number of methoxy groups -OCH3 is 3. The summed E-state index contributed by atoms with van der Waals surface area (Å²) in [5, 5.41) is 0. The molecule has 0 heterocycles. The van der Waals surface area contributed by atoms with E-state index in [2.05, 4.69) is 20.8 Å². The van der Waals surface area contributed by atoms with E-state index in [0.717, 1.165) is 54.8 Å². The molecule has 9 heteroatoms. The molecular weight excluding hydrogens is 383 g/mol. The van der Waals surface area contributed by atoms with E-state index in [1.807, 2.05) is 0 Å². The monoisotopic (exact) mass is 428 g/mol. The molecule has 0 aromatic rings. The minimum atomic E-state index is -2.48. The second-order valence-corrected chi connectivity index (χ2v) is 8.25. The van der Waals surface area contributed by atoms with Gasteiger partial charge in [0.15, 0.2) is 0 Å². The number of hydrogen-bond donors (Lipinski definition) is 0. The zero-order valence-electron chi connectivity index (χ0n) is 19.0. The smallest absolute Gasteiger partial charge is 0.319 e. The topological polar surface area (TPSA) is 63.2 Å². The Labute approximate surface area is 173 Å². The van der Waals surface area contributed by atoms with Gasteiger partial charge in [-0.25, -0.2) is 0 Å². The first kappa shape index (κ1) is 27.9. The average Bonchev–Trinajstić information content (AvgIpc) is 2.72. The third-order valence-corrected chi connectivity index (χ3v) is 6.77. The molecule has 28 heavy (non-hydrogen) atoms. The van der Waals surface area contributed by atoms with Crippen LogP contribution in [0, 0.1) is 0 Å². The molecule has 1 atom stereocenters. The Balaban J connectivity index is 4.52. The minimum Gasteiger partial charge on any atom is -0.379 e. The van der Waals surface area contributed by atoms with Crippen molar-refractivity contribution < 1.29 is 36.8 Å². The fraction of sp³-hybridized carbons (Fsp3) is 1.00. The van der Waals surface area contributed by atoms with Crippen LogP contribution in [0.25, 0.3) is 0 Å². The largest absolute Gasteiger partial charge is 0.379 e. The molecule has 0 radical (unpaired) electrons. The lowest BCUT2D eigenvalue weighted by Crippen LogP contribution is -2.55. The third kappa shape index (κ3) is 11.2. The van der Waals surface area contributed by atoms with Gasteiger partial charge < -0.3 is 32.2 Å². The van der Waals surface area contributed by atoms with Crippen LogP contribution in [0.1, 0.15) is 20.8 Å². The average molecular weight is 429 g/mol. The Hall–Kier alpha value is -0.0500. The molecule has 1 unspecified atom stereocenters. The molecule has 0 aliphatic heterocycles. The summed E-state index contributed by atoms with van der Waals surface area (Å²) in [5.74, 6) is 0. The van der Waals surface area contributed by atoms with Gasteiger partial charge in [-0.05, 0) is 20.8 Å². The van der Waals surface area contributed by atoms with E-state index in [0.29, 0.717) is 39.6 Å². The first-order chi connectivity index (χ1) is 13.5. The highest BCUT2D eigenvalue weighted by Crippen LogP contribution is 2.24. The van der Waals surface area contributed by atoms with Crippen LogP contribution in [0.5, 0.6) is 0 Å². The van der Waals surface area contributed by atoms with Crippen LogP contribution in [-0.4, -0.2) is 116 Å². The molecule has 0 amide bonds. The van der Waals surface area contributed by atoms with Crippen molar-refractivity contribution >= 4 is 8.25 Å². The molecule has 0 N–H and O–H groups in total. The van der Waals surface area contributed by atoms with Gasteiger partial charge in [0, 0.05) is 21.3 Å². The van der Waals surface area contributed by atoms with Crippen molar-refractivity contribution in [3.63, 3.8) is 0 Å². The van der Waals surface area contributed by atoms with Crippen LogP contribution in [0.2, 0.25) is 0 Å². The number of ether oxygens (including phenoxy) is 3. The van der Waals surface area contributed by atoms with Gasteiger partial charge in [-0.3, -0.25) is 4.57 Å². The fourth-order valence-corrected chi connectivity index (χ4v) is 3.96. The lowest BCUT2D eigenvalue weighted by atomic mass is 10.3. The first-order valence-corrected chi connectivity index (χ1v) is 11.7. The normalized spacial score (nSPS) is 13.8. The molecule has 0 rings (SSSR count). The summed E-state index contributed by atoms with van der Waals surface area (Å²) < 4.78 is 40.8. The maximum absolute atomic E-state index is 12.2. The minimum absolute atomic E-state index is 0.379. The number of nitrogens with zero attached hydrogens (tertiary/aromatic N) is 2. The quantitative estimate of drug-likeness (QED) is 0.218. The summed E-state index contributed by atoms with van der Waals surface area (Å²) in [6, 6.07) is 0. The highest BCUT2D eigenvalue weighted by atomic mass is 31.1. The summed E-state index contributed by atoms with van der Waals surface area (Å²) in [6.07, 6.45) is 0. The standard InChI is InChI=1S/C19H45N2O6P/c1-7-20(8-2,9-3)13-18-26-28(22)27-19-14-21(10-15-23-4,11-16-24-5)12-17-25-6/h28H,7-19H2,1-6H3/q+2. The second-order valence-electron chi connectivity index (χ2n) is 7.18. The number of likely N-dealkylation sites (N-methyl/N-ethyl adjacent to an activating group) is 1. The van der Waals surface area contributed by atoms with Gasteiger partial charge in [0.25, 0.3) is 0 Å².